The Morgan fingerprint density at radius 1 is 1.26 bits per heavy atom. The summed E-state index contributed by atoms with van der Waals surface area (Å²) in [5.41, 5.74) is 1.12. The molecule has 3 heterocycles. The summed E-state index contributed by atoms with van der Waals surface area (Å²) in [6, 6.07) is 7.62. The Bertz CT molecular complexity index is 989. The first-order valence-electron chi connectivity index (χ1n) is 8.84. The summed E-state index contributed by atoms with van der Waals surface area (Å²) in [6.45, 7) is 0.799. The topological polar surface area (TPSA) is 82.1 Å². The van der Waals surface area contributed by atoms with Gasteiger partial charge in [-0.15, -0.1) is 0 Å². The van der Waals surface area contributed by atoms with Crippen LogP contribution in [0.5, 0.6) is 0 Å². The number of aryl methyl sites for hydroxylation is 1. The van der Waals surface area contributed by atoms with Crippen LogP contribution in [0.1, 0.15) is 34.6 Å². The molecule has 0 bridgehead atoms. The van der Waals surface area contributed by atoms with E-state index in [-0.39, 0.29) is 23.5 Å². The van der Waals surface area contributed by atoms with E-state index < -0.39 is 0 Å². The molecule has 1 aromatic carbocycles. The van der Waals surface area contributed by atoms with E-state index in [1.54, 1.807) is 22.8 Å². The van der Waals surface area contributed by atoms with Gasteiger partial charge in [-0.2, -0.15) is 5.10 Å². The molecule has 1 N–H and O–H groups in total. The van der Waals surface area contributed by atoms with Gasteiger partial charge in [-0.1, -0.05) is 12.1 Å². The van der Waals surface area contributed by atoms with Gasteiger partial charge in [0.15, 0.2) is 0 Å². The van der Waals surface area contributed by atoms with Gasteiger partial charge >= 0.3 is 5.69 Å². The number of amides is 1. The van der Waals surface area contributed by atoms with Crippen LogP contribution in [0.25, 0.3) is 0 Å². The lowest BCUT2D eigenvalue weighted by Crippen LogP contribution is -2.35. The van der Waals surface area contributed by atoms with Crippen molar-refractivity contribution in [3.05, 3.63) is 76.1 Å². The Morgan fingerprint density at radius 2 is 2.07 bits per heavy atom. The zero-order valence-corrected chi connectivity index (χ0v) is 14.6. The highest BCUT2D eigenvalue weighted by Gasteiger charge is 2.22. The molecule has 8 heteroatoms. The maximum absolute atomic E-state index is 13.0. The first-order valence-corrected chi connectivity index (χ1v) is 8.84. The average Bonchev–Trinajstić information content (AvgIpc) is 3.24. The van der Waals surface area contributed by atoms with Crippen molar-refractivity contribution in [3.63, 3.8) is 0 Å². The van der Waals surface area contributed by atoms with E-state index in [0.29, 0.717) is 43.7 Å². The maximum atomic E-state index is 13.0. The van der Waals surface area contributed by atoms with Crippen molar-refractivity contribution in [2.24, 2.45) is 0 Å². The van der Waals surface area contributed by atoms with Crippen molar-refractivity contribution >= 4 is 5.91 Å². The summed E-state index contributed by atoms with van der Waals surface area (Å²) < 4.78 is 21.0. The van der Waals surface area contributed by atoms with Crippen molar-refractivity contribution in [2.45, 2.75) is 38.4 Å². The van der Waals surface area contributed by atoms with Gasteiger partial charge in [-0.3, -0.25) is 9.36 Å². The smallest absolute Gasteiger partial charge is 0.346 e. The van der Waals surface area contributed by atoms with Crippen LogP contribution < -0.4 is 11.0 Å². The highest BCUT2D eigenvalue weighted by atomic mass is 19.1. The van der Waals surface area contributed by atoms with Crippen LogP contribution in [0.3, 0.4) is 0 Å². The fourth-order valence-corrected chi connectivity index (χ4v) is 3.30. The third-order valence-electron chi connectivity index (χ3n) is 4.78. The second-order valence-corrected chi connectivity index (χ2v) is 6.64. The number of aromatic nitrogens is 3. The van der Waals surface area contributed by atoms with Crippen molar-refractivity contribution in [1.29, 1.82) is 0 Å². The minimum absolute atomic E-state index is 0.0287. The molecule has 1 unspecified atom stereocenters. The normalized spacial score (nSPS) is 16.6. The van der Waals surface area contributed by atoms with Gasteiger partial charge in [0, 0.05) is 19.0 Å². The van der Waals surface area contributed by atoms with Crippen LogP contribution in [-0.2, 0) is 19.5 Å². The van der Waals surface area contributed by atoms with Gasteiger partial charge in [-0.25, -0.2) is 13.9 Å². The lowest BCUT2D eigenvalue weighted by atomic mass is 10.1. The van der Waals surface area contributed by atoms with Gasteiger partial charge in [-0.05, 0) is 36.6 Å². The largest absolute Gasteiger partial charge is 0.472 e. The molecule has 4 rings (SSSR count). The number of nitrogens with one attached hydrogen (secondary N) is 1. The molecule has 3 aromatic rings. The number of nitrogens with zero attached hydrogens (tertiary/aromatic N) is 3. The van der Waals surface area contributed by atoms with Crippen LogP contribution in [0.2, 0.25) is 0 Å². The number of carbonyl (C=O) groups is 1. The number of benzene rings is 1. The number of rotatable bonds is 4. The van der Waals surface area contributed by atoms with Crippen LogP contribution in [0.4, 0.5) is 4.39 Å². The van der Waals surface area contributed by atoms with Crippen molar-refractivity contribution < 1.29 is 13.6 Å². The van der Waals surface area contributed by atoms with Crippen LogP contribution in [-0.4, -0.2) is 26.3 Å². The molecule has 0 aliphatic carbocycles. The molecular weight excluding hydrogens is 351 g/mol. The Balaban J connectivity index is 1.44. The Labute approximate surface area is 154 Å². The summed E-state index contributed by atoms with van der Waals surface area (Å²) in [7, 11) is 0. The Hall–Kier alpha value is -3.16. The summed E-state index contributed by atoms with van der Waals surface area (Å²) in [5, 5.41) is 7.42. The number of furan rings is 1. The highest BCUT2D eigenvalue weighted by Crippen LogP contribution is 2.13. The molecule has 1 aliphatic rings. The zero-order valence-electron chi connectivity index (χ0n) is 14.6. The molecule has 140 valence electrons. The first-order chi connectivity index (χ1) is 13.1. The fraction of sp³-hybridized carbons (Fsp3) is 0.316. The van der Waals surface area contributed by atoms with E-state index in [4.69, 9.17) is 4.42 Å². The Morgan fingerprint density at radius 3 is 2.81 bits per heavy atom. The van der Waals surface area contributed by atoms with E-state index in [1.165, 1.54) is 29.3 Å². The van der Waals surface area contributed by atoms with Gasteiger partial charge in [0.1, 0.15) is 17.9 Å². The van der Waals surface area contributed by atoms with Crippen LogP contribution in [0, 0.1) is 5.82 Å². The monoisotopic (exact) mass is 370 g/mol. The standard InChI is InChI=1S/C19H19FN4O3/c20-15-3-1-13(2-4-15)11-24-19(26)23-9-7-16(5-6-17(23)22-24)21-18(25)14-8-10-27-12-14/h1-4,8,10,12,16H,5-7,9,11H2,(H,21,25). The van der Waals surface area contributed by atoms with Gasteiger partial charge < -0.3 is 9.73 Å². The third kappa shape index (κ3) is 3.69. The molecule has 1 amide bonds. The third-order valence-corrected chi connectivity index (χ3v) is 4.78. The summed E-state index contributed by atoms with van der Waals surface area (Å²) >= 11 is 0. The van der Waals surface area contributed by atoms with Crippen molar-refractivity contribution in [2.75, 3.05) is 0 Å². The van der Waals surface area contributed by atoms with Gasteiger partial charge in [0.05, 0.1) is 18.4 Å². The quantitative estimate of drug-likeness (QED) is 0.761. The molecular formula is C19H19FN4O3. The molecule has 0 spiro atoms. The van der Waals surface area contributed by atoms with Crippen molar-refractivity contribution in [3.8, 4) is 0 Å². The van der Waals surface area contributed by atoms with Gasteiger partial charge in [0.25, 0.3) is 5.91 Å². The zero-order chi connectivity index (χ0) is 18.8. The number of fused-ring (bicyclic) bond motifs is 1. The van der Waals surface area contributed by atoms with Gasteiger partial charge in [0.2, 0.25) is 0 Å². The fourth-order valence-electron chi connectivity index (χ4n) is 3.30. The lowest BCUT2D eigenvalue weighted by molar-refractivity contribution is 0.0932. The predicted molar refractivity (Wildman–Crippen MR) is 94.9 cm³/mol. The van der Waals surface area contributed by atoms with Crippen LogP contribution >= 0.6 is 0 Å². The van der Waals surface area contributed by atoms with E-state index >= 15 is 0 Å². The van der Waals surface area contributed by atoms with E-state index in [9.17, 15) is 14.0 Å². The SMILES string of the molecule is O=C(NC1CCc2nn(Cc3ccc(F)cc3)c(=O)n2CC1)c1ccoc1. The number of hydrogen-bond donors (Lipinski definition) is 1. The number of hydrogen-bond acceptors (Lipinski definition) is 4. The van der Waals surface area contributed by atoms with Crippen LogP contribution in [0.15, 0.2) is 52.1 Å². The molecule has 0 fully saturated rings. The molecule has 27 heavy (non-hydrogen) atoms. The summed E-state index contributed by atoms with van der Waals surface area (Å²) in [5.74, 6) is 0.222. The van der Waals surface area contributed by atoms with Crippen molar-refractivity contribution in [1.82, 2.24) is 19.7 Å². The summed E-state index contributed by atoms with van der Waals surface area (Å²) in [6.07, 6.45) is 4.82. The highest BCUT2D eigenvalue weighted by molar-refractivity contribution is 5.93. The lowest BCUT2D eigenvalue weighted by Gasteiger charge is -2.15. The van der Waals surface area contributed by atoms with E-state index in [1.807, 2.05) is 0 Å². The molecule has 0 saturated carbocycles. The Kier molecular flexibility index (Phi) is 4.62. The minimum Gasteiger partial charge on any atom is -0.472 e. The molecule has 7 nitrogen and oxygen atoms in total. The molecule has 0 radical (unpaired) electrons. The van der Waals surface area contributed by atoms with E-state index in [2.05, 4.69) is 10.4 Å². The number of carbonyl (C=O) groups excluding carboxylic acids is 1. The molecule has 2 aromatic heterocycles. The molecule has 1 atom stereocenters. The van der Waals surface area contributed by atoms with E-state index in [0.717, 1.165) is 5.56 Å². The maximum Gasteiger partial charge on any atom is 0.346 e. The second kappa shape index (κ2) is 7.22. The predicted octanol–water partition coefficient (Wildman–Crippen LogP) is 1.96. The summed E-state index contributed by atoms with van der Waals surface area (Å²) in [4.78, 5) is 24.8. The average molecular weight is 370 g/mol. The minimum atomic E-state index is -0.310. The molecule has 1 aliphatic heterocycles. The second-order valence-electron chi connectivity index (χ2n) is 6.64. The number of halogens is 1. The first kappa shape index (κ1) is 17.3. The molecule has 0 saturated heterocycles.